The van der Waals surface area contributed by atoms with Crippen LogP contribution in [-0.4, -0.2) is 13.7 Å². The molecular formula is C16H19F2NOS. The molecule has 0 saturated carbocycles. The summed E-state index contributed by atoms with van der Waals surface area (Å²) in [5.74, 6) is 0.235. The first-order valence-corrected chi connectivity index (χ1v) is 7.74. The van der Waals surface area contributed by atoms with E-state index in [1.54, 1.807) is 23.5 Å². The van der Waals surface area contributed by atoms with Crippen LogP contribution in [0.25, 0.3) is 0 Å². The fourth-order valence-electron chi connectivity index (χ4n) is 2.26. The number of hydrogen-bond acceptors (Lipinski definition) is 3. The van der Waals surface area contributed by atoms with E-state index < -0.39 is 6.61 Å². The number of nitrogens with one attached hydrogen (secondary N) is 1. The number of halogens is 2. The second-order valence-electron chi connectivity index (χ2n) is 4.68. The maximum Gasteiger partial charge on any atom is 0.387 e. The Morgan fingerprint density at radius 3 is 2.48 bits per heavy atom. The highest BCUT2D eigenvalue weighted by molar-refractivity contribution is 7.11. The van der Waals surface area contributed by atoms with Gasteiger partial charge >= 0.3 is 6.61 Å². The van der Waals surface area contributed by atoms with Gasteiger partial charge in [-0.1, -0.05) is 25.1 Å². The number of aryl methyl sites for hydroxylation is 1. The molecule has 0 aliphatic carbocycles. The van der Waals surface area contributed by atoms with E-state index in [4.69, 9.17) is 0 Å². The number of likely N-dealkylation sites (N-methyl/N-ethyl adjacent to an activating group) is 1. The smallest absolute Gasteiger partial charge is 0.387 e. The molecule has 1 aromatic heterocycles. The summed E-state index contributed by atoms with van der Waals surface area (Å²) in [5.41, 5.74) is 0.756. The quantitative estimate of drug-likeness (QED) is 0.817. The minimum atomic E-state index is -2.81. The molecule has 0 spiro atoms. The van der Waals surface area contributed by atoms with Gasteiger partial charge in [0.15, 0.2) is 0 Å². The van der Waals surface area contributed by atoms with Gasteiger partial charge in [-0.05, 0) is 31.7 Å². The minimum Gasteiger partial charge on any atom is -0.434 e. The first-order valence-electron chi connectivity index (χ1n) is 6.92. The zero-order chi connectivity index (χ0) is 15.2. The maximum atomic E-state index is 12.5. The fraction of sp³-hybridized carbons (Fsp3) is 0.375. The predicted octanol–water partition coefficient (Wildman–Crippen LogP) is 4.42. The average Bonchev–Trinajstić information content (AvgIpc) is 2.93. The molecule has 114 valence electrons. The molecular weight excluding hydrogens is 292 g/mol. The Morgan fingerprint density at radius 1 is 1.14 bits per heavy atom. The lowest BCUT2D eigenvalue weighted by molar-refractivity contribution is -0.0507. The Bertz CT molecular complexity index is 571. The van der Waals surface area contributed by atoms with Crippen LogP contribution in [0.3, 0.4) is 0 Å². The topological polar surface area (TPSA) is 21.3 Å². The fourth-order valence-corrected chi connectivity index (χ4v) is 3.27. The van der Waals surface area contributed by atoms with Crippen LogP contribution in [0, 0.1) is 0 Å². The summed E-state index contributed by atoms with van der Waals surface area (Å²) in [6.07, 6.45) is 1.77. The molecule has 0 radical (unpaired) electrons. The molecule has 1 unspecified atom stereocenters. The summed E-state index contributed by atoms with van der Waals surface area (Å²) in [6, 6.07) is 11.1. The normalized spacial score (nSPS) is 12.6. The Kier molecular flexibility index (Phi) is 5.70. The molecule has 0 fully saturated rings. The van der Waals surface area contributed by atoms with E-state index in [2.05, 4.69) is 29.1 Å². The summed E-state index contributed by atoms with van der Waals surface area (Å²) in [4.78, 5) is 2.56. The monoisotopic (exact) mass is 311 g/mol. The van der Waals surface area contributed by atoms with E-state index in [-0.39, 0.29) is 11.8 Å². The van der Waals surface area contributed by atoms with E-state index in [1.807, 2.05) is 19.2 Å². The van der Waals surface area contributed by atoms with E-state index in [9.17, 15) is 8.78 Å². The van der Waals surface area contributed by atoms with E-state index in [0.717, 1.165) is 18.4 Å². The summed E-state index contributed by atoms with van der Waals surface area (Å²) in [7, 11) is 1.83. The zero-order valence-corrected chi connectivity index (χ0v) is 12.9. The van der Waals surface area contributed by atoms with E-state index in [1.165, 1.54) is 9.75 Å². The van der Waals surface area contributed by atoms with Crippen LogP contribution >= 0.6 is 11.3 Å². The SMILES string of the molecule is CCc1ccc(CC(NC)c2ccccc2OC(F)F)s1. The second kappa shape index (κ2) is 7.52. The van der Waals surface area contributed by atoms with Crippen molar-refractivity contribution < 1.29 is 13.5 Å². The van der Waals surface area contributed by atoms with Crippen LogP contribution in [0.4, 0.5) is 8.78 Å². The molecule has 5 heteroatoms. The largest absolute Gasteiger partial charge is 0.434 e. The van der Waals surface area contributed by atoms with Crippen molar-refractivity contribution in [3.8, 4) is 5.75 Å². The lowest BCUT2D eigenvalue weighted by Gasteiger charge is -2.19. The third-order valence-corrected chi connectivity index (χ3v) is 4.58. The lowest BCUT2D eigenvalue weighted by Crippen LogP contribution is -2.20. The molecule has 0 amide bonds. The van der Waals surface area contributed by atoms with Gasteiger partial charge in [-0.3, -0.25) is 0 Å². The van der Waals surface area contributed by atoms with Gasteiger partial charge in [0.1, 0.15) is 5.75 Å². The summed E-state index contributed by atoms with van der Waals surface area (Å²) in [5, 5.41) is 3.19. The minimum absolute atomic E-state index is 0.0525. The highest BCUT2D eigenvalue weighted by Gasteiger charge is 2.18. The summed E-state index contributed by atoms with van der Waals surface area (Å²) < 4.78 is 29.6. The number of benzene rings is 1. The molecule has 2 nitrogen and oxygen atoms in total. The van der Waals surface area contributed by atoms with Gasteiger partial charge in [0.25, 0.3) is 0 Å². The van der Waals surface area contributed by atoms with Crippen molar-refractivity contribution in [3.05, 3.63) is 51.7 Å². The first kappa shape index (κ1) is 15.9. The van der Waals surface area contributed by atoms with E-state index in [0.29, 0.717) is 0 Å². The Morgan fingerprint density at radius 2 is 1.86 bits per heavy atom. The van der Waals surface area contributed by atoms with Crippen LogP contribution in [0.2, 0.25) is 0 Å². The van der Waals surface area contributed by atoms with Crippen molar-refractivity contribution in [2.45, 2.75) is 32.4 Å². The van der Waals surface area contributed by atoms with Crippen LogP contribution in [0.1, 0.15) is 28.3 Å². The molecule has 21 heavy (non-hydrogen) atoms. The zero-order valence-electron chi connectivity index (χ0n) is 12.1. The molecule has 0 bridgehead atoms. The standard InChI is InChI=1S/C16H19F2NOS/c1-3-11-8-9-12(21-11)10-14(19-2)13-6-4-5-7-15(13)20-16(17)18/h4-9,14,16,19H,3,10H2,1-2H3. The lowest BCUT2D eigenvalue weighted by atomic mass is 10.0. The van der Waals surface area contributed by atoms with Gasteiger partial charge in [-0.25, -0.2) is 0 Å². The molecule has 0 saturated heterocycles. The Balaban J connectivity index is 2.20. The second-order valence-corrected chi connectivity index (χ2v) is 5.94. The van der Waals surface area contributed by atoms with Crippen molar-refractivity contribution in [1.29, 1.82) is 0 Å². The number of alkyl halides is 2. The molecule has 1 aromatic carbocycles. The molecule has 1 heterocycles. The number of para-hydroxylation sites is 1. The van der Waals surface area contributed by atoms with Crippen LogP contribution in [0.5, 0.6) is 5.75 Å². The molecule has 2 rings (SSSR count). The van der Waals surface area contributed by atoms with Crippen LogP contribution in [-0.2, 0) is 12.8 Å². The van der Waals surface area contributed by atoms with E-state index >= 15 is 0 Å². The van der Waals surface area contributed by atoms with Gasteiger partial charge in [0.05, 0.1) is 0 Å². The molecule has 0 aliphatic heterocycles. The molecule has 1 atom stereocenters. The highest BCUT2D eigenvalue weighted by atomic mass is 32.1. The van der Waals surface area contributed by atoms with Gasteiger partial charge in [0, 0.05) is 27.8 Å². The number of rotatable bonds is 7. The maximum absolute atomic E-state index is 12.5. The summed E-state index contributed by atoms with van der Waals surface area (Å²) >= 11 is 1.76. The third kappa shape index (κ3) is 4.25. The van der Waals surface area contributed by atoms with Crippen molar-refractivity contribution in [3.63, 3.8) is 0 Å². The van der Waals surface area contributed by atoms with Crippen LogP contribution in [0.15, 0.2) is 36.4 Å². The molecule has 0 aliphatic rings. The number of ether oxygens (including phenoxy) is 1. The first-order chi connectivity index (χ1) is 10.1. The van der Waals surface area contributed by atoms with Gasteiger partial charge in [-0.15, -0.1) is 11.3 Å². The molecule has 2 aromatic rings. The Labute approximate surface area is 127 Å². The number of hydrogen-bond donors (Lipinski definition) is 1. The summed E-state index contributed by atoms with van der Waals surface area (Å²) in [6.45, 7) is -0.686. The van der Waals surface area contributed by atoms with Gasteiger partial charge in [-0.2, -0.15) is 8.78 Å². The van der Waals surface area contributed by atoms with Crippen molar-refractivity contribution in [2.24, 2.45) is 0 Å². The van der Waals surface area contributed by atoms with Crippen LogP contribution < -0.4 is 10.1 Å². The van der Waals surface area contributed by atoms with Gasteiger partial charge < -0.3 is 10.1 Å². The third-order valence-electron chi connectivity index (χ3n) is 3.33. The van der Waals surface area contributed by atoms with Gasteiger partial charge in [0.2, 0.25) is 0 Å². The van der Waals surface area contributed by atoms with Crippen molar-refractivity contribution in [2.75, 3.05) is 7.05 Å². The van der Waals surface area contributed by atoms with Crippen molar-refractivity contribution >= 4 is 11.3 Å². The number of thiophene rings is 1. The molecule has 1 N–H and O–H groups in total. The average molecular weight is 311 g/mol. The van der Waals surface area contributed by atoms with Crippen molar-refractivity contribution in [1.82, 2.24) is 5.32 Å². The predicted molar refractivity (Wildman–Crippen MR) is 82.3 cm³/mol. The highest BCUT2D eigenvalue weighted by Crippen LogP contribution is 2.30. The Hall–Kier alpha value is -1.46.